The van der Waals surface area contributed by atoms with Gasteiger partial charge in [-0.3, -0.25) is 4.79 Å². The molecule has 0 spiro atoms. The third-order valence-electron chi connectivity index (χ3n) is 3.99. The van der Waals surface area contributed by atoms with E-state index in [4.69, 9.17) is 16.6 Å². The summed E-state index contributed by atoms with van der Waals surface area (Å²) in [5, 5.41) is 5.94. The summed E-state index contributed by atoms with van der Waals surface area (Å²) in [7, 11) is 0. The number of benzene rings is 2. The molecule has 0 saturated heterocycles. The van der Waals surface area contributed by atoms with Gasteiger partial charge >= 0.3 is 0 Å². The van der Waals surface area contributed by atoms with Gasteiger partial charge in [-0.15, -0.1) is 0 Å². The van der Waals surface area contributed by atoms with Crippen molar-refractivity contribution in [3.05, 3.63) is 78.5 Å². The first-order valence-corrected chi connectivity index (χ1v) is 9.05. The van der Waals surface area contributed by atoms with Gasteiger partial charge in [0.05, 0.1) is 6.42 Å². The molecule has 4 aromatic rings. The zero-order chi connectivity index (χ0) is 19.3. The first-order chi connectivity index (χ1) is 13.7. The molecule has 0 radical (unpaired) electrons. The van der Waals surface area contributed by atoms with Gasteiger partial charge in [0.2, 0.25) is 11.8 Å². The summed E-state index contributed by atoms with van der Waals surface area (Å²) < 4.78 is 5.74. The number of pyridine rings is 1. The van der Waals surface area contributed by atoms with Crippen molar-refractivity contribution in [1.29, 1.82) is 0 Å². The third-order valence-corrected chi connectivity index (χ3v) is 4.20. The van der Waals surface area contributed by atoms with Crippen molar-refractivity contribution in [3.63, 3.8) is 0 Å². The molecule has 7 nitrogen and oxygen atoms in total. The van der Waals surface area contributed by atoms with Crippen molar-refractivity contribution in [2.24, 2.45) is 0 Å². The van der Waals surface area contributed by atoms with E-state index in [0.717, 1.165) is 16.8 Å². The average Bonchev–Trinajstić information content (AvgIpc) is 3.13. The lowest BCUT2D eigenvalue weighted by molar-refractivity contribution is -0.119. The summed E-state index contributed by atoms with van der Waals surface area (Å²) in [6, 6.07) is 20.5. The second-order valence-electron chi connectivity index (χ2n) is 6.09. The molecular weight excluding hydrogens is 388 g/mol. The van der Waals surface area contributed by atoms with Crippen LogP contribution in [0.2, 0.25) is 0 Å². The largest absolute Gasteiger partial charge is 0.434 e. The summed E-state index contributed by atoms with van der Waals surface area (Å²) in [6.07, 6.45) is 1.93. The number of anilines is 1. The zero-order valence-corrected chi connectivity index (χ0v) is 16.1. The molecule has 0 aliphatic rings. The number of nitrogens with one attached hydrogen (secondary N) is 2. The molecule has 0 saturated carbocycles. The molecule has 146 valence electrons. The van der Waals surface area contributed by atoms with E-state index in [2.05, 4.69) is 20.6 Å². The van der Waals surface area contributed by atoms with Crippen LogP contribution < -0.4 is 10.6 Å². The van der Waals surface area contributed by atoms with Crippen molar-refractivity contribution in [2.75, 3.05) is 5.32 Å². The molecule has 0 fully saturated rings. The van der Waals surface area contributed by atoms with Crippen molar-refractivity contribution < 1.29 is 14.7 Å². The van der Waals surface area contributed by atoms with Gasteiger partial charge in [0, 0.05) is 17.4 Å². The van der Waals surface area contributed by atoms with Crippen LogP contribution in [-0.4, -0.2) is 26.5 Å². The molecule has 1 amide bonds. The van der Waals surface area contributed by atoms with E-state index in [9.17, 15) is 4.79 Å². The second kappa shape index (κ2) is 9.05. The minimum absolute atomic E-state index is 0. The molecule has 0 bridgehead atoms. The first-order valence-electron chi connectivity index (χ1n) is 8.64. The number of carbonyl (C=O) groups is 1. The average molecular weight is 406 g/mol. The lowest BCUT2D eigenvalue weighted by Crippen LogP contribution is -2.35. The summed E-state index contributed by atoms with van der Waals surface area (Å²) in [6.45, 7) is 0. The molecule has 0 aliphatic heterocycles. The Kier molecular flexibility index (Phi) is 6.28. The van der Waals surface area contributed by atoms with Crippen molar-refractivity contribution in [2.45, 2.75) is 6.42 Å². The van der Waals surface area contributed by atoms with Crippen molar-refractivity contribution in [3.8, 4) is 11.5 Å². The maximum absolute atomic E-state index is 12.1. The minimum Gasteiger partial charge on any atom is -0.434 e. The van der Waals surface area contributed by atoms with Crippen LogP contribution in [0.3, 0.4) is 0 Å². The van der Waals surface area contributed by atoms with Crippen LogP contribution >= 0.6 is 12.2 Å². The van der Waals surface area contributed by atoms with Gasteiger partial charge in [0.25, 0.3) is 0 Å². The number of rotatable bonds is 4. The topological polar surface area (TPSA) is 112 Å². The van der Waals surface area contributed by atoms with Gasteiger partial charge < -0.3 is 20.5 Å². The molecule has 0 aliphatic carbocycles. The molecule has 4 rings (SSSR count). The van der Waals surface area contributed by atoms with Crippen LogP contribution in [0.25, 0.3) is 22.7 Å². The molecular formula is C21H18N4O3S. The van der Waals surface area contributed by atoms with E-state index in [-0.39, 0.29) is 22.9 Å². The fraction of sp³-hybridized carbons (Fsp3) is 0.0476. The normalized spacial score (nSPS) is 10.2. The number of hydrogen-bond acceptors (Lipinski definition) is 5. The number of hydrogen-bond donors (Lipinski definition) is 2. The monoisotopic (exact) mass is 406 g/mol. The summed E-state index contributed by atoms with van der Waals surface area (Å²) >= 11 is 5.25. The predicted molar refractivity (Wildman–Crippen MR) is 115 cm³/mol. The molecule has 29 heavy (non-hydrogen) atoms. The zero-order valence-electron chi connectivity index (χ0n) is 15.3. The highest BCUT2D eigenvalue weighted by Gasteiger charge is 2.10. The Morgan fingerprint density at radius 1 is 1.03 bits per heavy atom. The molecule has 0 unspecified atom stereocenters. The molecule has 2 heterocycles. The van der Waals surface area contributed by atoms with Gasteiger partial charge in [-0.1, -0.05) is 36.4 Å². The summed E-state index contributed by atoms with van der Waals surface area (Å²) in [4.78, 5) is 20.7. The van der Waals surface area contributed by atoms with Crippen LogP contribution in [0, 0.1) is 0 Å². The minimum atomic E-state index is -0.176. The van der Waals surface area contributed by atoms with E-state index in [0.29, 0.717) is 17.1 Å². The van der Waals surface area contributed by atoms with E-state index in [1.807, 2.05) is 60.7 Å². The lowest BCUT2D eigenvalue weighted by atomic mass is 10.1. The van der Waals surface area contributed by atoms with Gasteiger partial charge in [0.1, 0.15) is 0 Å². The van der Waals surface area contributed by atoms with E-state index in [1.54, 1.807) is 12.3 Å². The maximum atomic E-state index is 12.1. The number of oxazole rings is 1. The van der Waals surface area contributed by atoms with Crippen molar-refractivity contribution >= 4 is 40.2 Å². The molecule has 2 aromatic heterocycles. The molecule has 4 N–H and O–H groups in total. The summed E-state index contributed by atoms with van der Waals surface area (Å²) in [5.41, 5.74) is 3.60. The molecule has 2 aromatic carbocycles. The van der Waals surface area contributed by atoms with Crippen LogP contribution in [0.5, 0.6) is 0 Å². The van der Waals surface area contributed by atoms with Gasteiger partial charge in [0.15, 0.2) is 16.3 Å². The number of carbonyl (C=O) groups excluding carboxylic acids is 1. The Bertz CT molecular complexity index is 1110. The van der Waals surface area contributed by atoms with Crippen LogP contribution in [-0.2, 0) is 11.2 Å². The van der Waals surface area contributed by atoms with Gasteiger partial charge in [-0.25, -0.2) is 4.98 Å². The number of aromatic nitrogens is 2. The number of fused-ring (bicyclic) bond motifs is 1. The fourth-order valence-corrected chi connectivity index (χ4v) is 2.97. The van der Waals surface area contributed by atoms with Gasteiger partial charge in [-0.05, 0) is 48.1 Å². The smallest absolute Gasteiger partial charge is 0.230 e. The van der Waals surface area contributed by atoms with Crippen molar-refractivity contribution in [1.82, 2.24) is 15.3 Å². The Morgan fingerprint density at radius 3 is 2.66 bits per heavy atom. The summed E-state index contributed by atoms with van der Waals surface area (Å²) in [5.74, 6) is 0.293. The molecule has 8 heteroatoms. The standard InChI is InChI=1S/C21H16N4O2S.H2O/c26-18(12-14-6-2-1-3-7-14)24-21(28)23-16-9-4-8-15(13-16)20-25-19-17(27-20)10-5-11-22-19;/h1-11,13H,12H2,(H2,23,24,26,28);1H2. The first kappa shape index (κ1) is 20.1. The highest BCUT2D eigenvalue weighted by Crippen LogP contribution is 2.25. The Hall–Kier alpha value is -3.62. The van der Waals surface area contributed by atoms with E-state index in [1.165, 1.54) is 0 Å². The van der Waals surface area contributed by atoms with Crippen LogP contribution in [0.1, 0.15) is 5.56 Å². The highest BCUT2D eigenvalue weighted by atomic mass is 32.1. The number of nitrogens with zero attached hydrogens (tertiary/aromatic N) is 2. The Balaban J connectivity index is 0.00000240. The van der Waals surface area contributed by atoms with Crippen LogP contribution in [0.15, 0.2) is 77.3 Å². The fourth-order valence-electron chi connectivity index (χ4n) is 2.74. The SMILES string of the molecule is O.O=C(Cc1ccccc1)NC(=S)Nc1cccc(-c2nc3ncccc3o2)c1. The van der Waals surface area contributed by atoms with E-state index < -0.39 is 0 Å². The van der Waals surface area contributed by atoms with Crippen LogP contribution in [0.4, 0.5) is 5.69 Å². The Labute approximate surface area is 172 Å². The number of thiocarbonyl (C=S) groups is 1. The number of amides is 1. The predicted octanol–water partition coefficient (Wildman–Crippen LogP) is 3.12. The van der Waals surface area contributed by atoms with Gasteiger partial charge in [-0.2, -0.15) is 4.98 Å². The lowest BCUT2D eigenvalue weighted by Gasteiger charge is -2.10. The quantitative estimate of drug-likeness (QED) is 0.504. The molecule has 0 atom stereocenters. The third kappa shape index (κ3) is 5.01. The van der Waals surface area contributed by atoms with E-state index >= 15 is 0 Å². The Morgan fingerprint density at radius 2 is 1.86 bits per heavy atom. The second-order valence-corrected chi connectivity index (χ2v) is 6.50. The highest BCUT2D eigenvalue weighted by molar-refractivity contribution is 7.80. The maximum Gasteiger partial charge on any atom is 0.230 e.